The van der Waals surface area contributed by atoms with Gasteiger partial charge in [-0.1, -0.05) is 56.3 Å². The summed E-state index contributed by atoms with van der Waals surface area (Å²) in [6, 6.07) is 25.1. The minimum absolute atomic E-state index is 0.257. The van der Waals surface area contributed by atoms with Gasteiger partial charge in [0.1, 0.15) is 5.82 Å². The molecule has 0 fully saturated rings. The summed E-state index contributed by atoms with van der Waals surface area (Å²) in [5, 5.41) is 3.25. The summed E-state index contributed by atoms with van der Waals surface area (Å²) >= 11 is 0. The zero-order valence-electron chi connectivity index (χ0n) is 14.6. The Labute approximate surface area is 148 Å². The Morgan fingerprint density at radius 3 is 2.08 bits per heavy atom. The van der Waals surface area contributed by atoms with Crippen LogP contribution in [0.2, 0.25) is 0 Å². The molecule has 0 bridgehead atoms. The van der Waals surface area contributed by atoms with Crippen molar-refractivity contribution >= 4 is 22.7 Å². The van der Waals surface area contributed by atoms with Crippen molar-refractivity contribution < 1.29 is 4.39 Å². The Morgan fingerprint density at radius 2 is 1.40 bits per heavy atom. The van der Waals surface area contributed by atoms with E-state index in [4.69, 9.17) is 0 Å². The van der Waals surface area contributed by atoms with Gasteiger partial charge >= 0.3 is 0 Å². The number of para-hydroxylation sites is 4. The second-order valence-corrected chi connectivity index (χ2v) is 6.46. The van der Waals surface area contributed by atoms with Crippen LogP contribution < -0.4 is 10.2 Å². The highest BCUT2D eigenvalue weighted by Gasteiger charge is 2.15. The van der Waals surface area contributed by atoms with E-state index < -0.39 is 0 Å². The Balaban J connectivity index is 2.01. The molecular weight excluding hydrogens is 311 g/mol. The fourth-order valence-electron chi connectivity index (χ4n) is 2.84. The van der Waals surface area contributed by atoms with Crippen LogP contribution in [-0.2, 0) is 0 Å². The number of benzene rings is 3. The van der Waals surface area contributed by atoms with Gasteiger partial charge < -0.3 is 10.2 Å². The molecule has 0 aliphatic rings. The van der Waals surface area contributed by atoms with Gasteiger partial charge in [-0.15, -0.1) is 0 Å². The fraction of sp³-hybridized carbons (Fsp3) is 0.182. The minimum atomic E-state index is -0.257. The van der Waals surface area contributed by atoms with E-state index in [1.54, 1.807) is 12.1 Å². The van der Waals surface area contributed by atoms with Gasteiger partial charge in [0.15, 0.2) is 0 Å². The second-order valence-electron chi connectivity index (χ2n) is 6.46. The van der Waals surface area contributed by atoms with Crippen LogP contribution in [0.1, 0.15) is 13.8 Å². The van der Waals surface area contributed by atoms with Crippen molar-refractivity contribution in [1.29, 1.82) is 0 Å². The maximum Gasteiger partial charge on any atom is 0.146 e. The topological polar surface area (TPSA) is 15.3 Å². The molecule has 3 aromatic carbocycles. The first-order valence-corrected chi connectivity index (χ1v) is 8.58. The number of rotatable bonds is 6. The van der Waals surface area contributed by atoms with Crippen LogP contribution >= 0.6 is 0 Å². The molecule has 0 saturated heterocycles. The monoisotopic (exact) mass is 334 g/mol. The zero-order valence-corrected chi connectivity index (χ0v) is 14.6. The van der Waals surface area contributed by atoms with E-state index in [0.717, 1.165) is 23.6 Å². The lowest BCUT2D eigenvalue weighted by atomic mass is 10.1. The molecule has 3 rings (SSSR count). The molecule has 0 atom stereocenters. The third kappa shape index (κ3) is 4.18. The highest BCUT2D eigenvalue weighted by Crippen LogP contribution is 2.34. The number of hydrogen-bond acceptors (Lipinski definition) is 2. The Kier molecular flexibility index (Phi) is 5.34. The van der Waals surface area contributed by atoms with Crippen molar-refractivity contribution in [2.75, 3.05) is 16.8 Å². The molecule has 0 radical (unpaired) electrons. The maximum atomic E-state index is 14.1. The van der Waals surface area contributed by atoms with Crippen molar-refractivity contribution in [3.63, 3.8) is 0 Å². The highest BCUT2D eigenvalue weighted by atomic mass is 19.1. The average Bonchev–Trinajstić information content (AvgIpc) is 2.63. The summed E-state index contributed by atoms with van der Waals surface area (Å²) < 4.78 is 14.1. The van der Waals surface area contributed by atoms with Crippen LogP contribution in [0.3, 0.4) is 0 Å². The van der Waals surface area contributed by atoms with E-state index in [2.05, 4.69) is 42.3 Å². The predicted octanol–water partition coefficient (Wildman–Crippen LogP) is 6.36. The first kappa shape index (κ1) is 17.0. The molecule has 0 aromatic heterocycles. The lowest BCUT2D eigenvalue weighted by Crippen LogP contribution is -2.23. The third-order valence-corrected chi connectivity index (χ3v) is 3.95. The normalized spacial score (nSPS) is 10.7. The van der Waals surface area contributed by atoms with Crippen LogP contribution in [-0.4, -0.2) is 6.54 Å². The summed E-state index contributed by atoms with van der Waals surface area (Å²) in [6.07, 6.45) is 0. The standard InChI is InChI=1S/C22H23FN2/c1-17(2)16-25(18-10-4-3-5-11-18)22-15-9-8-14-21(22)24-20-13-7-6-12-19(20)23/h3-15,17,24H,16H2,1-2H3. The summed E-state index contributed by atoms with van der Waals surface area (Å²) in [5.74, 6) is 0.231. The van der Waals surface area contributed by atoms with E-state index in [-0.39, 0.29) is 5.82 Å². The molecule has 0 heterocycles. The lowest BCUT2D eigenvalue weighted by Gasteiger charge is -2.29. The molecular formula is C22H23FN2. The van der Waals surface area contributed by atoms with Crippen LogP contribution in [0.5, 0.6) is 0 Å². The van der Waals surface area contributed by atoms with Gasteiger partial charge in [0.2, 0.25) is 0 Å². The number of hydrogen-bond donors (Lipinski definition) is 1. The van der Waals surface area contributed by atoms with Crippen LogP contribution in [0, 0.1) is 11.7 Å². The molecule has 0 spiro atoms. The largest absolute Gasteiger partial charge is 0.351 e. The van der Waals surface area contributed by atoms with Crippen molar-refractivity contribution in [1.82, 2.24) is 0 Å². The van der Waals surface area contributed by atoms with E-state index in [9.17, 15) is 4.39 Å². The van der Waals surface area contributed by atoms with Gasteiger partial charge in [-0.25, -0.2) is 4.39 Å². The zero-order chi connectivity index (χ0) is 17.6. The molecule has 0 aliphatic heterocycles. The predicted molar refractivity (Wildman–Crippen MR) is 104 cm³/mol. The maximum absolute atomic E-state index is 14.1. The molecule has 3 aromatic rings. The molecule has 0 aliphatic carbocycles. The molecule has 2 nitrogen and oxygen atoms in total. The van der Waals surface area contributed by atoms with Gasteiger partial charge in [-0.05, 0) is 42.3 Å². The number of anilines is 4. The molecule has 25 heavy (non-hydrogen) atoms. The van der Waals surface area contributed by atoms with Gasteiger partial charge in [0.05, 0.1) is 17.1 Å². The van der Waals surface area contributed by atoms with E-state index in [0.29, 0.717) is 11.6 Å². The van der Waals surface area contributed by atoms with Crippen molar-refractivity contribution in [2.45, 2.75) is 13.8 Å². The van der Waals surface area contributed by atoms with Gasteiger partial charge in [0, 0.05) is 12.2 Å². The van der Waals surface area contributed by atoms with Gasteiger partial charge in [0.25, 0.3) is 0 Å². The van der Waals surface area contributed by atoms with Crippen LogP contribution in [0.4, 0.5) is 27.1 Å². The first-order valence-electron chi connectivity index (χ1n) is 8.58. The summed E-state index contributed by atoms with van der Waals surface area (Å²) in [6.45, 7) is 5.27. The van der Waals surface area contributed by atoms with E-state index in [1.165, 1.54) is 6.07 Å². The second kappa shape index (κ2) is 7.84. The Bertz CT molecular complexity index is 815. The summed E-state index contributed by atoms with van der Waals surface area (Å²) in [7, 11) is 0. The lowest BCUT2D eigenvalue weighted by molar-refractivity contribution is 0.632. The smallest absolute Gasteiger partial charge is 0.146 e. The minimum Gasteiger partial charge on any atom is -0.351 e. The molecule has 128 valence electrons. The van der Waals surface area contributed by atoms with E-state index >= 15 is 0 Å². The molecule has 1 N–H and O–H groups in total. The van der Waals surface area contributed by atoms with Crippen molar-refractivity contribution in [2.24, 2.45) is 5.92 Å². The van der Waals surface area contributed by atoms with Gasteiger partial charge in [-0.2, -0.15) is 0 Å². The highest BCUT2D eigenvalue weighted by molar-refractivity contribution is 5.80. The number of nitrogens with zero attached hydrogens (tertiary/aromatic N) is 1. The summed E-state index contributed by atoms with van der Waals surface area (Å²) in [4.78, 5) is 2.27. The molecule has 0 amide bonds. The number of halogens is 1. The fourth-order valence-corrected chi connectivity index (χ4v) is 2.84. The van der Waals surface area contributed by atoms with Crippen molar-refractivity contribution in [3.05, 3.63) is 84.7 Å². The van der Waals surface area contributed by atoms with Crippen LogP contribution in [0.15, 0.2) is 78.9 Å². The first-order chi connectivity index (χ1) is 12.1. The summed E-state index contributed by atoms with van der Waals surface area (Å²) in [5.41, 5.74) is 3.52. The van der Waals surface area contributed by atoms with Gasteiger partial charge in [-0.3, -0.25) is 0 Å². The average molecular weight is 334 g/mol. The van der Waals surface area contributed by atoms with Crippen LogP contribution in [0.25, 0.3) is 0 Å². The Morgan fingerprint density at radius 1 is 0.800 bits per heavy atom. The molecule has 0 saturated carbocycles. The Hall–Kier alpha value is -2.81. The quantitative estimate of drug-likeness (QED) is 0.564. The third-order valence-electron chi connectivity index (χ3n) is 3.95. The SMILES string of the molecule is CC(C)CN(c1ccccc1)c1ccccc1Nc1ccccc1F. The molecule has 0 unspecified atom stereocenters. The van der Waals surface area contributed by atoms with E-state index in [1.807, 2.05) is 42.5 Å². The number of nitrogens with one attached hydrogen (secondary N) is 1. The molecule has 3 heteroatoms. The van der Waals surface area contributed by atoms with Crippen molar-refractivity contribution in [3.8, 4) is 0 Å².